The minimum Gasteiger partial charge on any atom is -0.468 e. The highest BCUT2D eigenvalue weighted by atomic mass is 19.4. The topological polar surface area (TPSA) is 42.3 Å². The molecule has 22 heavy (non-hydrogen) atoms. The molecule has 0 amide bonds. The Hall–Kier alpha value is -1.28. The lowest BCUT2D eigenvalue weighted by atomic mass is 10.0. The molecule has 0 bridgehead atoms. The second-order valence-corrected chi connectivity index (χ2v) is 6.42. The third-order valence-corrected chi connectivity index (χ3v) is 3.69. The molecule has 1 fully saturated rings. The van der Waals surface area contributed by atoms with Gasteiger partial charge < -0.3 is 10.1 Å². The van der Waals surface area contributed by atoms with Gasteiger partial charge in [-0.05, 0) is 20.8 Å². The molecule has 1 aliphatic rings. The van der Waals surface area contributed by atoms with E-state index in [4.69, 9.17) is 4.74 Å². The Balaban J connectivity index is 2.13. The summed E-state index contributed by atoms with van der Waals surface area (Å²) in [4.78, 5) is 2.21. The molecular weight excluding hydrogens is 297 g/mol. The highest BCUT2D eigenvalue weighted by molar-refractivity contribution is 5.31. The fourth-order valence-corrected chi connectivity index (χ4v) is 2.80. The fourth-order valence-electron chi connectivity index (χ4n) is 2.80. The lowest BCUT2D eigenvalue weighted by molar-refractivity contribution is -0.154. The molecule has 8 heteroatoms. The number of nitrogens with zero attached hydrogens (tertiary/aromatic N) is 3. The molecule has 0 saturated carbocycles. The SMILES string of the molecule is Cc1nn(C)c(OCC(F)(F)F)c1CN1CCNC(C)(C)C1. The first kappa shape index (κ1) is 17.1. The summed E-state index contributed by atoms with van der Waals surface area (Å²) in [7, 11) is 1.60. The van der Waals surface area contributed by atoms with E-state index in [0.29, 0.717) is 12.2 Å². The van der Waals surface area contributed by atoms with Gasteiger partial charge in [0.25, 0.3) is 0 Å². The van der Waals surface area contributed by atoms with Gasteiger partial charge in [0.15, 0.2) is 6.61 Å². The molecule has 1 N–H and O–H groups in total. The zero-order valence-corrected chi connectivity index (χ0v) is 13.4. The molecule has 1 aliphatic heterocycles. The van der Waals surface area contributed by atoms with Crippen LogP contribution in [0.25, 0.3) is 0 Å². The molecule has 1 aromatic heterocycles. The zero-order chi connectivity index (χ0) is 16.5. The molecule has 0 radical (unpaired) electrons. The number of alkyl halides is 3. The van der Waals surface area contributed by atoms with Gasteiger partial charge in [0, 0.05) is 38.8 Å². The number of aromatic nitrogens is 2. The Kier molecular flexibility index (Phi) is 4.72. The Labute approximate surface area is 128 Å². The molecule has 126 valence electrons. The Bertz CT molecular complexity index is 525. The number of ether oxygens (including phenoxy) is 1. The molecule has 0 atom stereocenters. The summed E-state index contributed by atoms with van der Waals surface area (Å²) >= 11 is 0. The number of aryl methyl sites for hydroxylation is 2. The number of rotatable bonds is 4. The van der Waals surface area contributed by atoms with Crippen molar-refractivity contribution in [2.75, 3.05) is 26.2 Å². The summed E-state index contributed by atoms with van der Waals surface area (Å²) in [6, 6.07) is 0. The maximum Gasteiger partial charge on any atom is 0.422 e. The van der Waals surface area contributed by atoms with E-state index in [1.165, 1.54) is 4.68 Å². The first-order chi connectivity index (χ1) is 10.1. The highest BCUT2D eigenvalue weighted by Gasteiger charge is 2.31. The van der Waals surface area contributed by atoms with Gasteiger partial charge in [-0.15, -0.1) is 0 Å². The molecule has 1 saturated heterocycles. The van der Waals surface area contributed by atoms with Crippen molar-refractivity contribution in [3.8, 4) is 5.88 Å². The summed E-state index contributed by atoms with van der Waals surface area (Å²) in [6.07, 6.45) is -4.35. The summed E-state index contributed by atoms with van der Waals surface area (Å²) in [6.45, 7) is 7.77. The minimum absolute atomic E-state index is 0.0125. The first-order valence-electron chi connectivity index (χ1n) is 7.27. The van der Waals surface area contributed by atoms with Gasteiger partial charge in [0.2, 0.25) is 5.88 Å². The molecule has 0 aliphatic carbocycles. The number of nitrogens with one attached hydrogen (secondary N) is 1. The molecular formula is C14H23F3N4O. The molecule has 5 nitrogen and oxygen atoms in total. The Morgan fingerprint density at radius 3 is 2.64 bits per heavy atom. The minimum atomic E-state index is -4.35. The van der Waals surface area contributed by atoms with E-state index >= 15 is 0 Å². The van der Waals surface area contributed by atoms with Crippen molar-refractivity contribution in [1.82, 2.24) is 20.0 Å². The van der Waals surface area contributed by atoms with Crippen molar-refractivity contribution in [2.45, 2.75) is 39.0 Å². The molecule has 2 rings (SSSR count). The van der Waals surface area contributed by atoms with Crippen molar-refractivity contribution in [3.05, 3.63) is 11.3 Å². The lowest BCUT2D eigenvalue weighted by Gasteiger charge is -2.39. The summed E-state index contributed by atoms with van der Waals surface area (Å²) in [5, 5.41) is 7.61. The van der Waals surface area contributed by atoms with Gasteiger partial charge in [0.05, 0.1) is 11.3 Å². The summed E-state index contributed by atoms with van der Waals surface area (Å²) < 4.78 is 43.6. The molecule has 0 aromatic carbocycles. The average molecular weight is 320 g/mol. The summed E-state index contributed by atoms with van der Waals surface area (Å²) in [5.74, 6) is 0.200. The van der Waals surface area contributed by atoms with E-state index in [1.807, 2.05) is 0 Å². The van der Waals surface area contributed by atoms with Crippen molar-refractivity contribution in [1.29, 1.82) is 0 Å². The van der Waals surface area contributed by atoms with Crippen molar-refractivity contribution in [3.63, 3.8) is 0 Å². The highest BCUT2D eigenvalue weighted by Crippen LogP contribution is 2.26. The molecule has 2 heterocycles. The van der Waals surface area contributed by atoms with E-state index in [1.54, 1.807) is 14.0 Å². The number of hydrogen-bond donors (Lipinski definition) is 1. The normalized spacial score (nSPS) is 19.4. The van der Waals surface area contributed by atoms with Gasteiger partial charge >= 0.3 is 6.18 Å². The van der Waals surface area contributed by atoms with Crippen LogP contribution in [0.15, 0.2) is 0 Å². The van der Waals surface area contributed by atoms with Crippen molar-refractivity contribution < 1.29 is 17.9 Å². The number of halogens is 3. The van der Waals surface area contributed by atoms with Gasteiger partial charge in [0.1, 0.15) is 0 Å². The fraction of sp³-hybridized carbons (Fsp3) is 0.786. The van der Waals surface area contributed by atoms with Crippen LogP contribution in [0.3, 0.4) is 0 Å². The van der Waals surface area contributed by atoms with Crippen LogP contribution < -0.4 is 10.1 Å². The van der Waals surface area contributed by atoms with Gasteiger partial charge in [-0.3, -0.25) is 4.90 Å². The van der Waals surface area contributed by atoms with E-state index in [0.717, 1.165) is 25.2 Å². The van der Waals surface area contributed by atoms with Crippen molar-refractivity contribution >= 4 is 0 Å². The lowest BCUT2D eigenvalue weighted by Crippen LogP contribution is -2.56. The molecule has 0 unspecified atom stereocenters. The summed E-state index contributed by atoms with van der Waals surface area (Å²) in [5.41, 5.74) is 1.42. The van der Waals surface area contributed by atoms with Crippen LogP contribution in [-0.2, 0) is 13.6 Å². The van der Waals surface area contributed by atoms with E-state index < -0.39 is 12.8 Å². The maximum atomic E-state index is 12.4. The van der Waals surface area contributed by atoms with Crippen molar-refractivity contribution in [2.24, 2.45) is 7.05 Å². The van der Waals surface area contributed by atoms with Gasteiger partial charge in [-0.1, -0.05) is 0 Å². The average Bonchev–Trinajstić information content (AvgIpc) is 2.59. The molecule has 0 spiro atoms. The number of piperazine rings is 1. The first-order valence-corrected chi connectivity index (χ1v) is 7.27. The number of hydrogen-bond acceptors (Lipinski definition) is 4. The monoisotopic (exact) mass is 320 g/mol. The van der Waals surface area contributed by atoms with E-state index in [2.05, 4.69) is 29.2 Å². The van der Waals surface area contributed by atoms with Crippen LogP contribution in [-0.4, -0.2) is 52.6 Å². The largest absolute Gasteiger partial charge is 0.468 e. The Morgan fingerprint density at radius 1 is 1.36 bits per heavy atom. The maximum absolute atomic E-state index is 12.4. The van der Waals surface area contributed by atoms with Crippen LogP contribution in [0.5, 0.6) is 5.88 Å². The van der Waals surface area contributed by atoms with E-state index in [-0.39, 0.29) is 11.4 Å². The predicted molar refractivity (Wildman–Crippen MR) is 76.9 cm³/mol. The zero-order valence-electron chi connectivity index (χ0n) is 13.4. The third kappa shape index (κ3) is 4.36. The van der Waals surface area contributed by atoms with Crippen LogP contribution >= 0.6 is 0 Å². The molecule has 1 aromatic rings. The van der Waals surface area contributed by atoms with Crippen LogP contribution in [0.1, 0.15) is 25.1 Å². The van der Waals surface area contributed by atoms with E-state index in [9.17, 15) is 13.2 Å². The van der Waals surface area contributed by atoms with Gasteiger partial charge in [-0.2, -0.15) is 18.3 Å². The second kappa shape index (κ2) is 6.08. The Morgan fingerprint density at radius 2 is 2.05 bits per heavy atom. The third-order valence-electron chi connectivity index (χ3n) is 3.69. The van der Waals surface area contributed by atoms with Crippen LogP contribution in [0, 0.1) is 6.92 Å². The standard InChI is InChI=1S/C14H23F3N4O/c1-10-11(7-21-6-5-18-13(2,3)8-21)12(20(4)19-10)22-9-14(15,16)17/h18H,5-9H2,1-4H3. The van der Waals surface area contributed by atoms with Crippen LogP contribution in [0.2, 0.25) is 0 Å². The van der Waals surface area contributed by atoms with Crippen LogP contribution in [0.4, 0.5) is 13.2 Å². The quantitative estimate of drug-likeness (QED) is 0.919. The second-order valence-electron chi connectivity index (χ2n) is 6.42. The van der Waals surface area contributed by atoms with Gasteiger partial charge in [-0.25, -0.2) is 4.68 Å². The predicted octanol–water partition coefficient (Wildman–Crippen LogP) is 1.85. The smallest absolute Gasteiger partial charge is 0.422 e.